The highest BCUT2D eigenvalue weighted by Gasteiger charge is 2.21. The van der Waals surface area contributed by atoms with Crippen molar-refractivity contribution in [3.63, 3.8) is 0 Å². The first kappa shape index (κ1) is 18.4. The van der Waals surface area contributed by atoms with Gasteiger partial charge in [-0.1, -0.05) is 109 Å². The highest BCUT2D eigenvalue weighted by atomic mass is 15.0. The number of fused-ring (bicyclic) bond motifs is 1. The van der Waals surface area contributed by atoms with Crippen molar-refractivity contribution in [1.29, 1.82) is 0 Å². The Labute approximate surface area is 178 Å². The van der Waals surface area contributed by atoms with Crippen LogP contribution in [0.2, 0.25) is 0 Å². The topological polar surface area (TPSA) is 4.93 Å². The zero-order chi connectivity index (χ0) is 20.2. The van der Waals surface area contributed by atoms with E-state index in [2.05, 4.69) is 126 Å². The van der Waals surface area contributed by atoms with Crippen LogP contribution in [0, 0.1) is 0 Å². The molecule has 1 heteroatoms. The lowest BCUT2D eigenvalue weighted by Gasteiger charge is -2.21. The third kappa shape index (κ3) is 3.79. The molecule has 1 nitrogen and oxygen atoms in total. The average molecular weight is 388 g/mol. The molecule has 1 atom stereocenters. The van der Waals surface area contributed by atoms with Gasteiger partial charge in [-0.05, 0) is 40.6 Å². The van der Waals surface area contributed by atoms with Gasteiger partial charge < -0.3 is 4.57 Å². The van der Waals surface area contributed by atoms with Gasteiger partial charge in [-0.25, -0.2) is 0 Å². The molecule has 1 aromatic heterocycles. The summed E-state index contributed by atoms with van der Waals surface area (Å²) in [5.41, 5.74) is 6.72. The number of para-hydroxylation sites is 1. The Kier molecular flexibility index (Phi) is 5.18. The molecule has 1 unspecified atom stereocenters. The predicted octanol–water partition coefficient (Wildman–Crippen LogP) is 7.06. The molecular weight excluding hydrogens is 362 g/mol. The molecule has 0 bridgehead atoms. The molecule has 0 saturated carbocycles. The molecule has 0 fully saturated rings. The van der Waals surface area contributed by atoms with E-state index in [4.69, 9.17) is 0 Å². The van der Waals surface area contributed by atoms with Gasteiger partial charge in [0.1, 0.15) is 0 Å². The highest BCUT2D eigenvalue weighted by Crippen LogP contribution is 2.33. The van der Waals surface area contributed by atoms with Crippen LogP contribution in [0.3, 0.4) is 0 Å². The summed E-state index contributed by atoms with van der Waals surface area (Å²) in [4.78, 5) is 0. The van der Waals surface area contributed by atoms with Gasteiger partial charge in [-0.3, -0.25) is 0 Å². The summed E-state index contributed by atoms with van der Waals surface area (Å²) >= 11 is 0. The van der Waals surface area contributed by atoms with E-state index in [9.17, 15) is 0 Å². The smallest absolute Gasteiger partial charge is 0.0485 e. The monoisotopic (exact) mass is 387 g/mol. The maximum absolute atomic E-state index is 2.51. The second-order valence-corrected chi connectivity index (χ2v) is 7.85. The van der Waals surface area contributed by atoms with Crippen molar-refractivity contribution in [2.24, 2.45) is 0 Å². The predicted molar refractivity (Wildman–Crippen MR) is 126 cm³/mol. The van der Waals surface area contributed by atoms with E-state index in [1.165, 1.54) is 33.3 Å². The summed E-state index contributed by atoms with van der Waals surface area (Å²) in [6.45, 7) is 0.877. The Morgan fingerprint density at radius 1 is 0.567 bits per heavy atom. The van der Waals surface area contributed by atoms with Gasteiger partial charge in [0.05, 0.1) is 0 Å². The van der Waals surface area contributed by atoms with Gasteiger partial charge in [-0.15, -0.1) is 0 Å². The van der Waals surface area contributed by atoms with Crippen molar-refractivity contribution in [2.75, 3.05) is 0 Å². The summed E-state index contributed by atoms with van der Waals surface area (Å²) in [7, 11) is 0. The Balaban J connectivity index is 1.66. The van der Waals surface area contributed by atoms with Gasteiger partial charge in [0.25, 0.3) is 0 Å². The number of hydrogen-bond donors (Lipinski definition) is 0. The molecule has 4 aromatic carbocycles. The van der Waals surface area contributed by atoms with Crippen LogP contribution in [0.4, 0.5) is 0 Å². The van der Waals surface area contributed by atoms with Crippen molar-refractivity contribution in [3.8, 4) is 0 Å². The SMILES string of the molecule is c1ccc(CC(c2ccccc2)c2cc3ccccc3n2Cc2ccccc2)cc1. The van der Waals surface area contributed by atoms with Crippen molar-refractivity contribution in [1.82, 2.24) is 4.57 Å². The molecule has 0 aliphatic rings. The fourth-order valence-corrected chi connectivity index (χ4v) is 4.39. The van der Waals surface area contributed by atoms with Crippen LogP contribution < -0.4 is 0 Å². The fourth-order valence-electron chi connectivity index (χ4n) is 4.39. The van der Waals surface area contributed by atoms with Crippen LogP contribution in [-0.4, -0.2) is 4.57 Å². The minimum Gasteiger partial charge on any atom is -0.340 e. The molecular formula is C29H25N. The molecule has 0 amide bonds. The van der Waals surface area contributed by atoms with Crippen molar-refractivity contribution in [2.45, 2.75) is 18.9 Å². The van der Waals surface area contributed by atoms with Crippen molar-refractivity contribution in [3.05, 3.63) is 144 Å². The van der Waals surface area contributed by atoms with E-state index < -0.39 is 0 Å². The molecule has 1 heterocycles. The van der Waals surface area contributed by atoms with E-state index in [-0.39, 0.29) is 0 Å². The first-order chi connectivity index (χ1) is 14.9. The summed E-state index contributed by atoms with van der Waals surface area (Å²) in [6, 6.07) is 43.7. The summed E-state index contributed by atoms with van der Waals surface area (Å²) in [5, 5.41) is 1.30. The summed E-state index contributed by atoms with van der Waals surface area (Å²) in [5.74, 6) is 0.296. The van der Waals surface area contributed by atoms with Gasteiger partial charge in [0.2, 0.25) is 0 Å². The lowest BCUT2D eigenvalue weighted by atomic mass is 9.89. The molecule has 0 spiro atoms. The van der Waals surface area contributed by atoms with Gasteiger partial charge in [-0.2, -0.15) is 0 Å². The van der Waals surface area contributed by atoms with Gasteiger partial charge in [0, 0.05) is 23.7 Å². The second-order valence-electron chi connectivity index (χ2n) is 7.85. The van der Waals surface area contributed by atoms with E-state index >= 15 is 0 Å². The van der Waals surface area contributed by atoms with Crippen LogP contribution in [0.25, 0.3) is 10.9 Å². The molecule has 30 heavy (non-hydrogen) atoms. The zero-order valence-electron chi connectivity index (χ0n) is 17.0. The number of benzene rings is 4. The largest absolute Gasteiger partial charge is 0.340 e. The van der Waals surface area contributed by atoms with Crippen LogP contribution >= 0.6 is 0 Å². The van der Waals surface area contributed by atoms with Crippen LogP contribution in [0.1, 0.15) is 28.3 Å². The van der Waals surface area contributed by atoms with Crippen LogP contribution in [0.5, 0.6) is 0 Å². The van der Waals surface area contributed by atoms with Gasteiger partial charge in [0.15, 0.2) is 0 Å². The van der Waals surface area contributed by atoms with Crippen molar-refractivity contribution >= 4 is 10.9 Å². The molecule has 5 rings (SSSR count). The minimum absolute atomic E-state index is 0.296. The Morgan fingerprint density at radius 2 is 1.13 bits per heavy atom. The van der Waals surface area contributed by atoms with E-state index in [0.29, 0.717) is 5.92 Å². The third-order valence-electron chi connectivity index (χ3n) is 5.87. The molecule has 0 radical (unpaired) electrons. The zero-order valence-corrected chi connectivity index (χ0v) is 17.0. The second kappa shape index (κ2) is 8.42. The molecule has 146 valence electrons. The minimum atomic E-state index is 0.296. The standard InChI is InChI=1S/C29H25N/c1-4-12-23(13-5-1)20-27(25-16-8-3-9-17-25)29-21-26-18-10-11-19-28(26)30(29)22-24-14-6-2-7-15-24/h1-19,21,27H,20,22H2. The van der Waals surface area contributed by atoms with Crippen molar-refractivity contribution < 1.29 is 0 Å². The van der Waals surface area contributed by atoms with Crippen LogP contribution in [-0.2, 0) is 13.0 Å². The quantitative estimate of drug-likeness (QED) is 0.294. The molecule has 0 saturated heterocycles. The molecule has 5 aromatic rings. The number of rotatable bonds is 6. The maximum Gasteiger partial charge on any atom is 0.0485 e. The molecule has 0 N–H and O–H groups in total. The van der Waals surface area contributed by atoms with E-state index in [0.717, 1.165) is 13.0 Å². The molecule has 0 aliphatic heterocycles. The first-order valence-electron chi connectivity index (χ1n) is 10.6. The van der Waals surface area contributed by atoms with E-state index in [1.54, 1.807) is 0 Å². The molecule has 0 aliphatic carbocycles. The number of hydrogen-bond acceptors (Lipinski definition) is 0. The highest BCUT2D eigenvalue weighted by molar-refractivity contribution is 5.82. The number of nitrogens with zero attached hydrogens (tertiary/aromatic N) is 1. The lowest BCUT2D eigenvalue weighted by Crippen LogP contribution is -2.12. The Morgan fingerprint density at radius 3 is 1.83 bits per heavy atom. The average Bonchev–Trinajstić information content (AvgIpc) is 3.17. The van der Waals surface area contributed by atoms with Crippen LogP contribution in [0.15, 0.2) is 121 Å². The summed E-state index contributed by atoms with van der Waals surface area (Å²) in [6.07, 6.45) is 0.982. The first-order valence-corrected chi connectivity index (χ1v) is 10.6. The summed E-state index contributed by atoms with van der Waals surface area (Å²) < 4.78 is 2.51. The third-order valence-corrected chi connectivity index (χ3v) is 5.87. The maximum atomic E-state index is 2.51. The lowest BCUT2D eigenvalue weighted by molar-refractivity contribution is 0.691. The Bertz CT molecular complexity index is 1220. The van der Waals surface area contributed by atoms with Gasteiger partial charge >= 0.3 is 0 Å². The number of aromatic nitrogens is 1. The van der Waals surface area contributed by atoms with E-state index in [1.807, 2.05) is 0 Å². The Hall–Kier alpha value is -3.58. The fraction of sp³-hybridized carbons (Fsp3) is 0.103. The normalized spacial score (nSPS) is 12.1.